The maximum absolute atomic E-state index is 3.95. The molecular formula is C14H21. The Morgan fingerprint density at radius 1 is 1.14 bits per heavy atom. The molecule has 0 heteroatoms. The minimum Gasteiger partial charge on any atom is -0.0625 e. The van der Waals surface area contributed by atoms with Crippen LogP contribution in [-0.2, 0) is 6.42 Å². The molecule has 0 heterocycles. The van der Waals surface area contributed by atoms with E-state index in [4.69, 9.17) is 0 Å². The lowest BCUT2D eigenvalue weighted by Crippen LogP contribution is -2.11. The summed E-state index contributed by atoms with van der Waals surface area (Å²) in [5, 5.41) is 0. The SMILES string of the molecule is [CH2]CCC(Cc1ccccc1)C(C)C. The maximum Gasteiger partial charge on any atom is -0.0248 e. The van der Waals surface area contributed by atoms with Gasteiger partial charge in [0.2, 0.25) is 0 Å². The molecule has 0 saturated heterocycles. The van der Waals surface area contributed by atoms with Gasteiger partial charge in [0.15, 0.2) is 0 Å². The van der Waals surface area contributed by atoms with E-state index in [1.54, 1.807) is 0 Å². The molecule has 14 heavy (non-hydrogen) atoms. The van der Waals surface area contributed by atoms with Crippen molar-refractivity contribution in [3.05, 3.63) is 42.8 Å². The number of rotatable bonds is 5. The molecule has 0 N–H and O–H groups in total. The van der Waals surface area contributed by atoms with Gasteiger partial charge in [-0.15, -0.1) is 0 Å². The maximum atomic E-state index is 3.95. The fourth-order valence-electron chi connectivity index (χ4n) is 1.85. The Hall–Kier alpha value is -0.780. The van der Waals surface area contributed by atoms with E-state index >= 15 is 0 Å². The van der Waals surface area contributed by atoms with Gasteiger partial charge in [-0.25, -0.2) is 0 Å². The lowest BCUT2D eigenvalue weighted by Gasteiger charge is -2.20. The minimum atomic E-state index is 0.761. The number of hydrogen-bond donors (Lipinski definition) is 0. The van der Waals surface area contributed by atoms with Crippen molar-refractivity contribution in [1.29, 1.82) is 0 Å². The molecule has 1 aromatic rings. The number of benzene rings is 1. The third-order valence-electron chi connectivity index (χ3n) is 2.86. The van der Waals surface area contributed by atoms with Gasteiger partial charge < -0.3 is 0 Å². The highest BCUT2D eigenvalue weighted by molar-refractivity contribution is 5.15. The average molecular weight is 189 g/mol. The minimum absolute atomic E-state index is 0.761. The number of hydrogen-bond acceptors (Lipinski definition) is 0. The van der Waals surface area contributed by atoms with Crippen LogP contribution in [0.15, 0.2) is 30.3 Å². The summed E-state index contributed by atoms with van der Waals surface area (Å²) >= 11 is 0. The Kier molecular flexibility index (Phi) is 4.72. The van der Waals surface area contributed by atoms with Crippen LogP contribution in [0.2, 0.25) is 0 Å². The zero-order valence-corrected chi connectivity index (χ0v) is 9.37. The van der Waals surface area contributed by atoms with E-state index in [0.717, 1.165) is 18.3 Å². The third kappa shape index (κ3) is 3.53. The van der Waals surface area contributed by atoms with Crippen LogP contribution < -0.4 is 0 Å². The monoisotopic (exact) mass is 189 g/mol. The zero-order valence-electron chi connectivity index (χ0n) is 9.37. The highest BCUT2D eigenvalue weighted by atomic mass is 14.2. The van der Waals surface area contributed by atoms with Crippen LogP contribution in [0.5, 0.6) is 0 Å². The van der Waals surface area contributed by atoms with Gasteiger partial charge in [0.05, 0.1) is 0 Å². The first-order chi connectivity index (χ1) is 6.74. The Bertz CT molecular complexity index is 235. The molecule has 0 aromatic heterocycles. The van der Waals surface area contributed by atoms with Gasteiger partial charge in [-0.2, -0.15) is 0 Å². The molecule has 0 fully saturated rings. The lowest BCUT2D eigenvalue weighted by atomic mass is 9.86. The molecule has 1 rings (SSSR count). The van der Waals surface area contributed by atoms with Gasteiger partial charge in [0.1, 0.15) is 0 Å². The first kappa shape index (κ1) is 11.3. The van der Waals surface area contributed by atoms with Crippen molar-refractivity contribution in [3.63, 3.8) is 0 Å². The molecule has 0 spiro atoms. The molecule has 1 radical (unpaired) electrons. The molecule has 0 aliphatic rings. The Labute approximate surface area is 88.4 Å². The van der Waals surface area contributed by atoms with E-state index in [0.29, 0.717) is 0 Å². The average Bonchev–Trinajstić information content (AvgIpc) is 2.18. The van der Waals surface area contributed by atoms with Crippen molar-refractivity contribution >= 4 is 0 Å². The fraction of sp³-hybridized carbons (Fsp3) is 0.500. The van der Waals surface area contributed by atoms with E-state index in [9.17, 15) is 0 Å². The summed E-state index contributed by atoms with van der Waals surface area (Å²) in [5.41, 5.74) is 1.46. The van der Waals surface area contributed by atoms with Gasteiger partial charge >= 0.3 is 0 Å². The van der Waals surface area contributed by atoms with Crippen molar-refractivity contribution in [2.45, 2.75) is 33.1 Å². The summed E-state index contributed by atoms with van der Waals surface area (Å²) in [6.07, 6.45) is 3.50. The molecule has 0 aliphatic carbocycles. The molecule has 0 amide bonds. The van der Waals surface area contributed by atoms with Gasteiger partial charge in [-0.3, -0.25) is 0 Å². The highest BCUT2D eigenvalue weighted by Crippen LogP contribution is 2.21. The molecular weight excluding hydrogens is 168 g/mol. The fourth-order valence-corrected chi connectivity index (χ4v) is 1.85. The molecule has 1 atom stereocenters. The predicted octanol–water partition coefficient (Wildman–Crippen LogP) is 4.12. The van der Waals surface area contributed by atoms with Crippen molar-refractivity contribution in [2.75, 3.05) is 0 Å². The highest BCUT2D eigenvalue weighted by Gasteiger charge is 2.12. The van der Waals surface area contributed by atoms with Crippen LogP contribution in [0, 0.1) is 18.8 Å². The summed E-state index contributed by atoms with van der Waals surface area (Å²) in [6.45, 7) is 8.57. The second-order valence-corrected chi connectivity index (χ2v) is 4.34. The summed E-state index contributed by atoms with van der Waals surface area (Å²) in [6, 6.07) is 10.8. The first-order valence-electron chi connectivity index (χ1n) is 5.57. The van der Waals surface area contributed by atoms with Crippen LogP contribution in [0.4, 0.5) is 0 Å². The van der Waals surface area contributed by atoms with Crippen LogP contribution >= 0.6 is 0 Å². The molecule has 1 unspecified atom stereocenters. The molecule has 0 aliphatic heterocycles. The van der Waals surface area contributed by atoms with Crippen LogP contribution in [0.1, 0.15) is 32.3 Å². The van der Waals surface area contributed by atoms with Crippen molar-refractivity contribution < 1.29 is 0 Å². The van der Waals surface area contributed by atoms with E-state index in [1.807, 2.05) is 0 Å². The Morgan fingerprint density at radius 2 is 1.79 bits per heavy atom. The molecule has 1 aromatic carbocycles. The summed E-state index contributed by atoms with van der Waals surface area (Å²) in [5.74, 6) is 1.55. The van der Waals surface area contributed by atoms with Crippen LogP contribution in [0.3, 0.4) is 0 Å². The van der Waals surface area contributed by atoms with E-state index in [1.165, 1.54) is 18.4 Å². The van der Waals surface area contributed by atoms with Crippen LogP contribution in [0.25, 0.3) is 0 Å². The lowest BCUT2D eigenvalue weighted by molar-refractivity contribution is 0.359. The van der Waals surface area contributed by atoms with E-state index in [-0.39, 0.29) is 0 Å². The largest absolute Gasteiger partial charge is 0.0625 e. The molecule has 0 bridgehead atoms. The van der Waals surface area contributed by atoms with Crippen molar-refractivity contribution in [2.24, 2.45) is 11.8 Å². The standard InChI is InChI=1S/C14H21/c1-4-8-14(12(2)3)11-13-9-6-5-7-10-13/h5-7,9-10,12,14H,1,4,8,11H2,2-3H3. The van der Waals surface area contributed by atoms with E-state index < -0.39 is 0 Å². The van der Waals surface area contributed by atoms with Gasteiger partial charge in [-0.1, -0.05) is 57.5 Å². The van der Waals surface area contributed by atoms with E-state index in [2.05, 4.69) is 51.1 Å². The summed E-state index contributed by atoms with van der Waals surface area (Å²) < 4.78 is 0. The molecule has 77 valence electrons. The topological polar surface area (TPSA) is 0 Å². The predicted molar refractivity (Wildman–Crippen MR) is 63.1 cm³/mol. The smallest absolute Gasteiger partial charge is 0.0248 e. The molecule has 0 saturated carbocycles. The van der Waals surface area contributed by atoms with Gasteiger partial charge in [0.25, 0.3) is 0 Å². The Morgan fingerprint density at radius 3 is 2.29 bits per heavy atom. The molecule has 0 nitrogen and oxygen atoms in total. The first-order valence-corrected chi connectivity index (χ1v) is 5.57. The summed E-state index contributed by atoms with van der Waals surface area (Å²) in [7, 11) is 0. The van der Waals surface area contributed by atoms with Crippen molar-refractivity contribution in [1.82, 2.24) is 0 Å². The van der Waals surface area contributed by atoms with Crippen molar-refractivity contribution in [3.8, 4) is 0 Å². The van der Waals surface area contributed by atoms with Gasteiger partial charge in [0, 0.05) is 0 Å². The third-order valence-corrected chi connectivity index (χ3v) is 2.86. The van der Waals surface area contributed by atoms with Crippen LogP contribution in [-0.4, -0.2) is 0 Å². The Balaban J connectivity index is 2.55. The van der Waals surface area contributed by atoms with Gasteiger partial charge in [-0.05, 0) is 30.2 Å². The normalized spacial score (nSPS) is 13.1. The second kappa shape index (κ2) is 5.85. The quantitative estimate of drug-likeness (QED) is 0.653. The summed E-state index contributed by atoms with van der Waals surface area (Å²) in [4.78, 5) is 0. The second-order valence-electron chi connectivity index (χ2n) is 4.34. The zero-order chi connectivity index (χ0) is 10.4.